The molecule has 0 aromatic carbocycles. The van der Waals surface area contributed by atoms with Crippen LogP contribution in [0.15, 0.2) is 29.0 Å². The minimum absolute atomic E-state index is 0.749. The monoisotopic (exact) mass is 123 g/mol. The van der Waals surface area contributed by atoms with Gasteiger partial charge in [-0.3, -0.25) is 0 Å². The fourth-order valence-electron chi connectivity index (χ4n) is 0.769. The second-order valence-corrected chi connectivity index (χ2v) is 2.03. The lowest BCUT2D eigenvalue weighted by Crippen LogP contribution is -2.00. The van der Waals surface area contributed by atoms with Crippen molar-refractivity contribution in [3.05, 3.63) is 23.8 Å². The van der Waals surface area contributed by atoms with Crippen molar-refractivity contribution in [2.45, 2.75) is 13.3 Å². The van der Waals surface area contributed by atoms with E-state index in [4.69, 9.17) is 5.21 Å². The Bertz CT molecular complexity index is 189. The fourth-order valence-corrected chi connectivity index (χ4v) is 0.769. The maximum absolute atomic E-state index is 8.37. The molecule has 1 rings (SSSR count). The lowest BCUT2D eigenvalue weighted by atomic mass is 10.1. The highest BCUT2D eigenvalue weighted by Crippen LogP contribution is 2.07. The molecule has 2 heteroatoms. The molecule has 0 aliphatic heterocycles. The van der Waals surface area contributed by atoms with Gasteiger partial charge in [0, 0.05) is 6.42 Å². The highest BCUT2D eigenvalue weighted by Gasteiger charge is 2.01. The van der Waals surface area contributed by atoms with E-state index in [1.165, 1.54) is 0 Å². The molecule has 1 N–H and O–H groups in total. The smallest absolute Gasteiger partial charge is 0.0862 e. The maximum Gasteiger partial charge on any atom is 0.0862 e. The summed E-state index contributed by atoms with van der Waals surface area (Å²) in [6.07, 6.45) is 6.60. The molecule has 48 valence electrons. The number of oxime groups is 1. The first kappa shape index (κ1) is 6.08. The average molecular weight is 123 g/mol. The molecule has 0 saturated carbocycles. The molecule has 0 saturated heterocycles. The Morgan fingerprint density at radius 1 is 1.67 bits per heavy atom. The molecular weight excluding hydrogens is 114 g/mol. The Hall–Kier alpha value is -1.05. The van der Waals surface area contributed by atoms with Crippen LogP contribution in [-0.4, -0.2) is 10.9 Å². The van der Waals surface area contributed by atoms with E-state index in [0.29, 0.717) is 0 Å². The molecular formula is C7H9NO. The van der Waals surface area contributed by atoms with E-state index in [1.807, 2.05) is 25.2 Å². The third-order valence-electron chi connectivity index (χ3n) is 1.37. The first-order valence-electron chi connectivity index (χ1n) is 2.89. The van der Waals surface area contributed by atoms with Gasteiger partial charge in [-0.15, -0.1) is 0 Å². The summed E-state index contributed by atoms with van der Waals surface area (Å²) >= 11 is 0. The van der Waals surface area contributed by atoms with Gasteiger partial charge in [0.2, 0.25) is 0 Å². The molecule has 0 heterocycles. The molecule has 0 atom stereocenters. The molecule has 0 bridgehead atoms. The van der Waals surface area contributed by atoms with Crippen LogP contribution in [0.5, 0.6) is 0 Å². The van der Waals surface area contributed by atoms with E-state index in [2.05, 4.69) is 5.16 Å². The largest absolute Gasteiger partial charge is 0.411 e. The van der Waals surface area contributed by atoms with E-state index >= 15 is 0 Å². The minimum Gasteiger partial charge on any atom is -0.411 e. The third kappa shape index (κ3) is 1.19. The van der Waals surface area contributed by atoms with Crippen molar-refractivity contribution in [2.75, 3.05) is 0 Å². The van der Waals surface area contributed by atoms with E-state index in [1.54, 1.807) is 0 Å². The van der Waals surface area contributed by atoms with E-state index < -0.39 is 0 Å². The van der Waals surface area contributed by atoms with Gasteiger partial charge in [0.15, 0.2) is 0 Å². The second-order valence-electron chi connectivity index (χ2n) is 2.03. The number of hydrogen-bond donors (Lipinski definition) is 1. The van der Waals surface area contributed by atoms with Gasteiger partial charge in [-0.1, -0.05) is 23.4 Å². The van der Waals surface area contributed by atoms with Crippen LogP contribution in [0.3, 0.4) is 0 Å². The van der Waals surface area contributed by atoms with Gasteiger partial charge in [-0.2, -0.15) is 0 Å². The predicted molar refractivity (Wildman–Crippen MR) is 36.7 cm³/mol. The molecule has 2 nitrogen and oxygen atoms in total. The van der Waals surface area contributed by atoms with E-state index in [-0.39, 0.29) is 0 Å². The van der Waals surface area contributed by atoms with Crippen LogP contribution in [0.2, 0.25) is 0 Å². The van der Waals surface area contributed by atoms with Gasteiger partial charge < -0.3 is 5.21 Å². The Morgan fingerprint density at radius 2 is 2.44 bits per heavy atom. The summed E-state index contributed by atoms with van der Waals surface area (Å²) < 4.78 is 0. The summed E-state index contributed by atoms with van der Waals surface area (Å²) in [4.78, 5) is 0. The van der Waals surface area contributed by atoms with Crippen molar-refractivity contribution < 1.29 is 5.21 Å². The summed E-state index contributed by atoms with van der Waals surface area (Å²) in [7, 11) is 0. The minimum atomic E-state index is 0.749. The summed E-state index contributed by atoms with van der Waals surface area (Å²) in [6.45, 7) is 1.93. The second kappa shape index (κ2) is 2.49. The standard InChI is InChI=1S/C7H9NO/c1-6-4-2-3-5-7(6)8-9/h2-4,9H,5H2,1H3. The lowest BCUT2D eigenvalue weighted by Gasteiger charge is -2.03. The molecule has 0 radical (unpaired) electrons. The zero-order valence-corrected chi connectivity index (χ0v) is 5.33. The zero-order valence-electron chi connectivity index (χ0n) is 5.33. The summed E-state index contributed by atoms with van der Waals surface area (Å²) in [5, 5.41) is 11.5. The van der Waals surface area contributed by atoms with Crippen LogP contribution >= 0.6 is 0 Å². The third-order valence-corrected chi connectivity index (χ3v) is 1.37. The fraction of sp³-hybridized carbons (Fsp3) is 0.286. The molecule has 9 heavy (non-hydrogen) atoms. The topological polar surface area (TPSA) is 32.6 Å². The molecule has 0 unspecified atom stereocenters. The number of hydrogen-bond acceptors (Lipinski definition) is 2. The molecule has 0 aromatic heterocycles. The van der Waals surface area contributed by atoms with Crippen LogP contribution in [0.1, 0.15) is 13.3 Å². The highest BCUT2D eigenvalue weighted by atomic mass is 16.4. The first-order chi connectivity index (χ1) is 4.34. The SMILES string of the molecule is CC1=CC=CCC1=NO. The normalized spacial score (nSPS) is 22.3. The summed E-state index contributed by atoms with van der Waals surface area (Å²) in [5.41, 5.74) is 1.80. The van der Waals surface area contributed by atoms with Gasteiger partial charge in [-0.25, -0.2) is 0 Å². The maximum atomic E-state index is 8.37. The van der Waals surface area contributed by atoms with Gasteiger partial charge in [0.25, 0.3) is 0 Å². The molecule has 0 amide bonds. The molecule has 1 aliphatic rings. The van der Waals surface area contributed by atoms with Crippen LogP contribution in [0, 0.1) is 0 Å². The van der Waals surface area contributed by atoms with Crippen LogP contribution in [0.4, 0.5) is 0 Å². The van der Waals surface area contributed by atoms with Gasteiger partial charge in [0.05, 0.1) is 5.71 Å². The zero-order chi connectivity index (χ0) is 6.69. The first-order valence-corrected chi connectivity index (χ1v) is 2.89. The number of allylic oxidation sites excluding steroid dienone is 4. The summed E-state index contributed by atoms with van der Waals surface area (Å²) in [6, 6.07) is 0. The van der Waals surface area contributed by atoms with Crippen LogP contribution in [0.25, 0.3) is 0 Å². The van der Waals surface area contributed by atoms with Gasteiger partial charge in [-0.05, 0) is 12.5 Å². The van der Waals surface area contributed by atoms with E-state index in [0.717, 1.165) is 17.7 Å². The quantitative estimate of drug-likeness (QED) is 0.386. The Kier molecular flexibility index (Phi) is 1.68. The molecule has 0 spiro atoms. The van der Waals surface area contributed by atoms with Gasteiger partial charge >= 0.3 is 0 Å². The molecule has 0 fully saturated rings. The Balaban J connectivity index is 2.83. The summed E-state index contributed by atoms with van der Waals surface area (Å²) in [5.74, 6) is 0. The molecule has 1 aliphatic carbocycles. The van der Waals surface area contributed by atoms with Gasteiger partial charge in [0.1, 0.15) is 0 Å². The molecule has 0 aromatic rings. The average Bonchev–Trinajstić information content (AvgIpc) is 1.89. The highest BCUT2D eigenvalue weighted by molar-refractivity contribution is 6.01. The predicted octanol–water partition coefficient (Wildman–Crippen LogP) is 1.72. The van der Waals surface area contributed by atoms with Crippen molar-refractivity contribution >= 4 is 5.71 Å². The van der Waals surface area contributed by atoms with Crippen molar-refractivity contribution in [1.29, 1.82) is 0 Å². The Labute approximate surface area is 54.2 Å². The van der Waals surface area contributed by atoms with Crippen molar-refractivity contribution in [2.24, 2.45) is 5.16 Å². The lowest BCUT2D eigenvalue weighted by molar-refractivity contribution is 0.318. The van der Waals surface area contributed by atoms with Crippen molar-refractivity contribution in [3.8, 4) is 0 Å². The van der Waals surface area contributed by atoms with E-state index in [9.17, 15) is 0 Å². The number of rotatable bonds is 0. The van der Waals surface area contributed by atoms with Crippen molar-refractivity contribution in [1.82, 2.24) is 0 Å². The van der Waals surface area contributed by atoms with Crippen LogP contribution < -0.4 is 0 Å². The van der Waals surface area contributed by atoms with Crippen LogP contribution in [-0.2, 0) is 0 Å². The Morgan fingerprint density at radius 3 is 2.89 bits per heavy atom. The van der Waals surface area contributed by atoms with Crippen molar-refractivity contribution in [3.63, 3.8) is 0 Å². The number of nitrogens with zero attached hydrogens (tertiary/aromatic N) is 1.